The summed E-state index contributed by atoms with van der Waals surface area (Å²) in [5, 5.41) is 3.28. The predicted octanol–water partition coefficient (Wildman–Crippen LogP) is 4.21. The van der Waals surface area contributed by atoms with E-state index >= 15 is 0 Å². The Labute approximate surface area is 115 Å². The molecule has 1 aromatic carbocycles. The van der Waals surface area contributed by atoms with Gasteiger partial charge in [-0.05, 0) is 65.2 Å². The molecule has 0 saturated heterocycles. The van der Waals surface area contributed by atoms with E-state index in [2.05, 4.69) is 26.2 Å². The van der Waals surface area contributed by atoms with Crippen LogP contribution in [0.3, 0.4) is 0 Å². The third-order valence-electron chi connectivity index (χ3n) is 2.64. The highest BCUT2D eigenvalue weighted by Gasteiger charge is 2.04. The van der Waals surface area contributed by atoms with Crippen molar-refractivity contribution in [3.63, 3.8) is 0 Å². The molecule has 18 heavy (non-hydrogen) atoms. The van der Waals surface area contributed by atoms with Gasteiger partial charge in [0.2, 0.25) is 0 Å². The zero-order chi connectivity index (χ0) is 13.1. The summed E-state index contributed by atoms with van der Waals surface area (Å²) in [6.07, 6.45) is 1.84. The van der Waals surface area contributed by atoms with Crippen molar-refractivity contribution in [3.05, 3.63) is 46.1 Å². The summed E-state index contributed by atoms with van der Waals surface area (Å²) in [5.41, 5.74) is 3.20. The zero-order valence-corrected chi connectivity index (χ0v) is 12.2. The fourth-order valence-corrected chi connectivity index (χ4v) is 2.28. The number of hydrogen-bond donors (Lipinski definition) is 1. The van der Waals surface area contributed by atoms with Crippen molar-refractivity contribution in [1.82, 2.24) is 4.98 Å². The molecule has 3 nitrogen and oxygen atoms in total. The molecule has 1 aromatic heterocycles. The van der Waals surface area contributed by atoms with Crippen LogP contribution in [0.5, 0.6) is 5.75 Å². The minimum absolute atomic E-state index is 0.810. The maximum Gasteiger partial charge on any atom is 0.144 e. The Balaban J connectivity index is 2.26. The molecular formula is C14H15BrN2O. The maximum atomic E-state index is 5.24. The SMILES string of the molecule is COc1ccc(Nc2ncc(C)cc2Br)cc1C. The minimum atomic E-state index is 0.810. The third kappa shape index (κ3) is 2.82. The minimum Gasteiger partial charge on any atom is -0.496 e. The first-order valence-corrected chi connectivity index (χ1v) is 6.43. The maximum absolute atomic E-state index is 5.24. The smallest absolute Gasteiger partial charge is 0.144 e. The largest absolute Gasteiger partial charge is 0.496 e. The van der Waals surface area contributed by atoms with Crippen molar-refractivity contribution in [1.29, 1.82) is 0 Å². The second-order valence-corrected chi connectivity index (χ2v) is 5.01. The zero-order valence-electron chi connectivity index (χ0n) is 10.6. The molecule has 0 bridgehead atoms. The molecule has 0 aliphatic rings. The lowest BCUT2D eigenvalue weighted by atomic mass is 10.2. The molecule has 94 valence electrons. The summed E-state index contributed by atoms with van der Waals surface area (Å²) in [4.78, 5) is 4.36. The van der Waals surface area contributed by atoms with Crippen LogP contribution in [0.25, 0.3) is 0 Å². The number of aryl methyl sites for hydroxylation is 2. The average Bonchev–Trinajstić information content (AvgIpc) is 2.33. The van der Waals surface area contributed by atoms with Gasteiger partial charge in [-0.1, -0.05) is 0 Å². The van der Waals surface area contributed by atoms with Crippen molar-refractivity contribution >= 4 is 27.4 Å². The van der Waals surface area contributed by atoms with E-state index in [9.17, 15) is 0 Å². The number of benzene rings is 1. The molecule has 1 heterocycles. The normalized spacial score (nSPS) is 10.2. The number of rotatable bonds is 3. The van der Waals surface area contributed by atoms with Gasteiger partial charge in [-0.25, -0.2) is 4.98 Å². The molecule has 0 spiro atoms. The topological polar surface area (TPSA) is 34.1 Å². The van der Waals surface area contributed by atoms with Crippen LogP contribution >= 0.6 is 15.9 Å². The van der Waals surface area contributed by atoms with Gasteiger partial charge in [0.25, 0.3) is 0 Å². The summed E-state index contributed by atoms with van der Waals surface area (Å²) in [7, 11) is 1.67. The van der Waals surface area contributed by atoms with Crippen LogP contribution in [0.15, 0.2) is 34.9 Å². The molecule has 0 aliphatic heterocycles. The molecule has 0 fully saturated rings. The first kappa shape index (κ1) is 12.9. The molecule has 1 N–H and O–H groups in total. The monoisotopic (exact) mass is 306 g/mol. The molecule has 0 unspecified atom stereocenters. The van der Waals surface area contributed by atoms with E-state index in [-0.39, 0.29) is 0 Å². The number of aromatic nitrogens is 1. The van der Waals surface area contributed by atoms with E-state index < -0.39 is 0 Å². The third-order valence-corrected chi connectivity index (χ3v) is 3.24. The number of anilines is 2. The quantitative estimate of drug-likeness (QED) is 0.922. The average molecular weight is 307 g/mol. The van der Waals surface area contributed by atoms with Gasteiger partial charge in [-0.3, -0.25) is 0 Å². The molecule has 0 amide bonds. The summed E-state index contributed by atoms with van der Waals surface area (Å²) < 4.78 is 6.19. The van der Waals surface area contributed by atoms with Crippen LogP contribution in [-0.2, 0) is 0 Å². The van der Waals surface area contributed by atoms with Crippen LogP contribution < -0.4 is 10.1 Å². The Morgan fingerprint density at radius 3 is 2.61 bits per heavy atom. The molecule has 0 radical (unpaired) electrons. The fraction of sp³-hybridized carbons (Fsp3) is 0.214. The van der Waals surface area contributed by atoms with Crippen molar-refractivity contribution in [2.75, 3.05) is 12.4 Å². The first-order chi connectivity index (χ1) is 8.60. The highest BCUT2D eigenvalue weighted by Crippen LogP contribution is 2.27. The van der Waals surface area contributed by atoms with Gasteiger partial charge in [-0.15, -0.1) is 0 Å². The van der Waals surface area contributed by atoms with Crippen LogP contribution in [-0.4, -0.2) is 12.1 Å². The Hall–Kier alpha value is -1.55. The first-order valence-electron chi connectivity index (χ1n) is 5.64. The molecule has 2 rings (SSSR count). The lowest BCUT2D eigenvalue weighted by molar-refractivity contribution is 0.412. The summed E-state index contributed by atoms with van der Waals surface area (Å²) >= 11 is 3.50. The molecule has 0 aliphatic carbocycles. The lowest BCUT2D eigenvalue weighted by Gasteiger charge is -2.10. The van der Waals surface area contributed by atoms with Gasteiger partial charge in [0.05, 0.1) is 11.6 Å². The number of pyridine rings is 1. The van der Waals surface area contributed by atoms with Crippen molar-refractivity contribution < 1.29 is 4.74 Å². The predicted molar refractivity (Wildman–Crippen MR) is 77.7 cm³/mol. The standard InChI is InChI=1S/C14H15BrN2O/c1-9-6-12(15)14(16-8-9)17-11-4-5-13(18-3)10(2)7-11/h4-8H,1-3H3,(H,16,17). The summed E-state index contributed by atoms with van der Waals surface area (Å²) in [5.74, 6) is 1.70. The van der Waals surface area contributed by atoms with Gasteiger partial charge >= 0.3 is 0 Å². The number of ether oxygens (including phenoxy) is 1. The van der Waals surface area contributed by atoms with Crippen LogP contribution in [0.4, 0.5) is 11.5 Å². The van der Waals surface area contributed by atoms with Gasteiger partial charge in [-0.2, -0.15) is 0 Å². The summed E-state index contributed by atoms with van der Waals surface area (Å²) in [6, 6.07) is 7.98. The second-order valence-electron chi connectivity index (χ2n) is 4.15. The molecule has 0 saturated carbocycles. The summed E-state index contributed by atoms with van der Waals surface area (Å²) in [6.45, 7) is 4.03. The van der Waals surface area contributed by atoms with Gasteiger partial charge < -0.3 is 10.1 Å². The highest BCUT2D eigenvalue weighted by atomic mass is 79.9. The Morgan fingerprint density at radius 2 is 2.00 bits per heavy atom. The van der Waals surface area contributed by atoms with E-state index in [1.165, 1.54) is 0 Å². The van der Waals surface area contributed by atoms with E-state index in [0.717, 1.165) is 32.9 Å². The fourth-order valence-electron chi connectivity index (χ4n) is 1.72. The number of nitrogens with zero attached hydrogens (tertiary/aromatic N) is 1. The number of hydrogen-bond acceptors (Lipinski definition) is 3. The van der Waals surface area contributed by atoms with E-state index in [4.69, 9.17) is 4.74 Å². The Bertz CT molecular complexity index is 570. The Kier molecular flexibility index (Phi) is 3.87. The van der Waals surface area contributed by atoms with Crippen molar-refractivity contribution in [3.8, 4) is 5.75 Å². The molecule has 2 aromatic rings. The van der Waals surface area contributed by atoms with E-state index in [1.807, 2.05) is 44.3 Å². The number of halogens is 1. The van der Waals surface area contributed by atoms with E-state index in [0.29, 0.717) is 0 Å². The van der Waals surface area contributed by atoms with Crippen molar-refractivity contribution in [2.45, 2.75) is 13.8 Å². The van der Waals surface area contributed by atoms with Crippen LogP contribution in [0.2, 0.25) is 0 Å². The number of nitrogens with one attached hydrogen (secondary N) is 1. The Morgan fingerprint density at radius 1 is 1.22 bits per heavy atom. The van der Waals surface area contributed by atoms with Gasteiger partial charge in [0.15, 0.2) is 0 Å². The van der Waals surface area contributed by atoms with E-state index in [1.54, 1.807) is 7.11 Å². The van der Waals surface area contributed by atoms with Gasteiger partial charge in [0.1, 0.15) is 11.6 Å². The van der Waals surface area contributed by atoms with Crippen LogP contribution in [0, 0.1) is 13.8 Å². The van der Waals surface area contributed by atoms with Gasteiger partial charge in [0, 0.05) is 11.9 Å². The lowest BCUT2D eigenvalue weighted by Crippen LogP contribution is -1.96. The molecular weight excluding hydrogens is 292 g/mol. The number of methoxy groups -OCH3 is 1. The van der Waals surface area contributed by atoms with Crippen molar-refractivity contribution in [2.24, 2.45) is 0 Å². The van der Waals surface area contributed by atoms with Crippen LogP contribution in [0.1, 0.15) is 11.1 Å². The highest BCUT2D eigenvalue weighted by molar-refractivity contribution is 9.10. The molecule has 4 heteroatoms. The molecule has 0 atom stereocenters. The second kappa shape index (κ2) is 5.40.